The summed E-state index contributed by atoms with van der Waals surface area (Å²) in [6.07, 6.45) is 1.65. The van der Waals surface area contributed by atoms with Crippen LogP contribution in [0.5, 0.6) is 11.5 Å². The Hall–Kier alpha value is -2.84. The van der Waals surface area contributed by atoms with Crippen molar-refractivity contribution in [3.05, 3.63) is 64.6 Å². The predicted molar refractivity (Wildman–Crippen MR) is 104 cm³/mol. The maximum atomic E-state index is 12.6. The lowest BCUT2D eigenvalue weighted by Gasteiger charge is -2.16. The molecule has 6 nitrogen and oxygen atoms in total. The third-order valence-electron chi connectivity index (χ3n) is 3.55. The lowest BCUT2D eigenvalue weighted by Crippen LogP contribution is -2.44. The molecule has 1 aliphatic rings. The minimum Gasteiger partial charge on any atom is -0.508 e. The third kappa shape index (κ3) is 3.71. The number of rotatable bonds is 4. The van der Waals surface area contributed by atoms with Crippen LogP contribution < -0.4 is 10.2 Å². The third-order valence-corrected chi connectivity index (χ3v) is 4.85. The number of thioether (sulfide) groups is 1. The Morgan fingerprint density at radius 3 is 2.62 bits per heavy atom. The van der Waals surface area contributed by atoms with Crippen LogP contribution in [-0.4, -0.2) is 33.4 Å². The molecule has 2 N–H and O–H groups in total. The molecule has 0 bridgehead atoms. The van der Waals surface area contributed by atoms with Gasteiger partial charge < -0.3 is 9.84 Å². The molecule has 0 spiro atoms. The topological polar surface area (TPSA) is 78.9 Å². The lowest BCUT2D eigenvalue weighted by atomic mass is 10.2. The summed E-state index contributed by atoms with van der Waals surface area (Å²) in [5.41, 5.74) is 3.55. The number of aromatic hydroxyl groups is 1. The number of para-hydroxylation sites is 1. The molecule has 3 rings (SSSR count). The zero-order chi connectivity index (χ0) is 18.7. The van der Waals surface area contributed by atoms with E-state index in [4.69, 9.17) is 17.0 Å². The standard InChI is InChI=1S/C18H14N2O4S2/c1-24-14-5-3-2-4-13(14)16(22)19-20-17(23)15(26-18(20)25)10-11-6-8-12(21)9-7-11/h2-10,21H,1H3,(H,19,22)/b15-10+. The van der Waals surface area contributed by atoms with Gasteiger partial charge in [-0.2, -0.15) is 5.01 Å². The Labute approximate surface area is 159 Å². The number of ether oxygens (including phenoxy) is 1. The highest BCUT2D eigenvalue weighted by molar-refractivity contribution is 8.26. The van der Waals surface area contributed by atoms with Gasteiger partial charge in [-0.05, 0) is 48.1 Å². The van der Waals surface area contributed by atoms with Crippen LogP contribution in [0.25, 0.3) is 6.08 Å². The summed E-state index contributed by atoms with van der Waals surface area (Å²) in [5, 5.41) is 10.4. The van der Waals surface area contributed by atoms with E-state index in [-0.39, 0.29) is 10.1 Å². The monoisotopic (exact) mass is 386 g/mol. The first-order chi connectivity index (χ1) is 12.5. The van der Waals surface area contributed by atoms with Crippen LogP contribution in [0.3, 0.4) is 0 Å². The molecule has 0 radical (unpaired) electrons. The number of carbonyl (C=O) groups excluding carboxylic acids is 2. The van der Waals surface area contributed by atoms with E-state index < -0.39 is 11.8 Å². The number of methoxy groups -OCH3 is 1. The minimum atomic E-state index is -0.496. The minimum absolute atomic E-state index is 0.138. The van der Waals surface area contributed by atoms with Crippen molar-refractivity contribution < 1.29 is 19.4 Å². The van der Waals surface area contributed by atoms with Gasteiger partial charge in [0.05, 0.1) is 17.6 Å². The second-order valence-electron chi connectivity index (χ2n) is 5.25. The zero-order valence-corrected chi connectivity index (χ0v) is 15.3. The van der Waals surface area contributed by atoms with E-state index in [1.54, 1.807) is 42.5 Å². The number of hydrazine groups is 1. The van der Waals surface area contributed by atoms with Gasteiger partial charge in [-0.15, -0.1) is 0 Å². The van der Waals surface area contributed by atoms with Crippen molar-refractivity contribution in [3.63, 3.8) is 0 Å². The predicted octanol–water partition coefficient (Wildman–Crippen LogP) is 2.95. The molecule has 1 aliphatic heterocycles. The van der Waals surface area contributed by atoms with Gasteiger partial charge in [-0.25, -0.2) is 0 Å². The fourth-order valence-corrected chi connectivity index (χ4v) is 3.46. The Morgan fingerprint density at radius 1 is 1.23 bits per heavy atom. The fraction of sp³-hybridized carbons (Fsp3) is 0.0556. The van der Waals surface area contributed by atoms with Crippen LogP contribution in [0.15, 0.2) is 53.4 Å². The van der Waals surface area contributed by atoms with E-state index in [1.807, 2.05) is 0 Å². The van der Waals surface area contributed by atoms with E-state index in [0.717, 1.165) is 22.3 Å². The normalized spacial score (nSPS) is 15.4. The van der Waals surface area contributed by atoms with Crippen LogP contribution >= 0.6 is 24.0 Å². The van der Waals surface area contributed by atoms with Crippen LogP contribution in [0.2, 0.25) is 0 Å². The number of phenolic OH excluding ortho intramolecular Hbond substituents is 1. The SMILES string of the molecule is COc1ccccc1C(=O)NN1C(=O)/C(=C\c2ccc(O)cc2)SC1=S. The maximum absolute atomic E-state index is 12.6. The first kappa shape index (κ1) is 18.0. The molecule has 1 fully saturated rings. The van der Waals surface area contributed by atoms with Gasteiger partial charge in [0.25, 0.3) is 11.8 Å². The van der Waals surface area contributed by atoms with E-state index in [0.29, 0.717) is 16.2 Å². The molecule has 2 aromatic carbocycles. The van der Waals surface area contributed by atoms with Crippen LogP contribution in [-0.2, 0) is 4.79 Å². The highest BCUT2D eigenvalue weighted by Gasteiger charge is 2.34. The lowest BCUT2D eigenvalue weighted by molar-refractivity contribution is -0.123. The van der Waals surface area contributed by atoms with Gasteiger partial charge in [0.1, 0.15) is 11.5 Å². The van der Waals surface area contributed by atoms with Gasteiger partial charge in [0, 0.05) is 0 Å². The van der Waals surface area contributed by atoms with E-state index >= 15 is 0 Å². The highest BCUT2D eigenvalue weighted by Crippen LogP contribution is 2.32. The molecule has 2 amide bonds. The Morgan fingerprint density at radius 2 is 1.92 bits per heavy atom. The van der Waals surface area contributed by atoms with Crippen molar-refractivity contribution in [2.24, 2.45) is 0 Å². The maximum Gasteiger partial charge on any atom is 0.285 e. The fourth-order valence-electron chi connectivity index (χ4n) is 2.28. The van der Waals surface area contributed by atoms with Gasteiger partial charge in [0.15, 0.2) is 4.32 Å². The second-order valence-corrected chi connectivity index (χ2v) is 6.93. The molecule has 0 atom stereocenters. The van der Waals surface area contributed by atoms with Gasteiger partial charge in [0.2, 0.25) is 0 Å². The molecule has 2 aromatic rings. The van der Waals surface area contributed by atoms with Crippen LogP contribution in [0, 0.1) is 0 Å². The first-order valence-electron chi connectivity index (χ1n) is 7.50. The van der Waals surface area contributed by atoms with Crippen molar-refractivity contribution in [2.75, 3.05) is 7.11 Å². The van der Waals surface area contributed by atoms with Crippen molar-refractivity contribution in [1.29, 1.82) is 0 Å². The number of amides is 2. The molecule has 1 saturated heterocycles. The molecular weight excluding hydrogens is 372 g/mol. The number of hydrogen-bond donors (Lipinski definition) is 2. The van der Waals surface area contributed by atoms with Gasteiger partial charge in [-0.1, -0.05) is 36.0 Å². The van der Waals surface area contributed by atoms with Gasteiger partial charge in [-0.3, -0.25) is 15.0 Å². The molecule has 0 unspecified atom stereocenters. The second kappa shape index (κ2) is 7.59. The Bertz CT molecular complexity index is 910. The largest absolute Gasteiger partial charge is 0.508 e. The quantitative estimate of drug-likeness (QED) is 0.621. The summed E-state index contributed by atoms with van der Waals surface area (Å²) in [6, 6.07) is 13.1. The molecule has 26 heavy (non-hydrogen) atoms. The first-order valence-corrected chi connectivity index (χ1v) is 8.73. The zero-order valence-electron chi connectivity index (χ0n) is 13.6. The summed E-state index contributed by atoms with van der Waals surface area (Å²) >= 11 is 6.29. The summed E-state index contributed by atoms with van der Waals surface area (Å²) < 4.78 is 5.39. The average Bonchev–Trinajstić information content (AvgIpc) is 2.91. The van der Waals surface area contributed by atoms with E-state index in [2.05, 4.69) is 5.43 Å². The molecule has 0 aromatic heterocycles. The summed E-state index contributed by atoms with van der Waals surface area (Å²) in [5.74, 6) is -0.380. The van der Waals surface area contributed by atoms with Gasteiger partial charge >= 0.3 is 0 Å². The Kier molecular flexibility index (Phi) is 5.24. The summed E-state index contributed by atoms with van der Waals surface area (Å²) in [4.78, 5) is 25.4. The molecule has 8 heteroatoms. The number of carbonyl (C=O) groups is 2. The number of nitrogens with zero attached hydrogens (tertiary/aromatic N) is 1. The van der Waals surface area contributed by atoms with Crippen LogP contribution in [0.1, 0.15) is 15.9 Å². The number of nitrogens with one attached hydrogen (secondary N) is 1. The summed E-state index contributed by atoms with van der Waals surface area (Å²) in [6.45, 7) is 0. The smallest absolute Gasteiger partial charge is 0.285 e. The molecule has 0 aliphatic carbocycles. The number of hydrogen-bond acceptors (Lipinski definition) is 6. The van der Waals surface area contributed by atoms with Crippen LogP contribution in [0.4, 0.5) is 0 Å². The van der Waals surface area contributed by atoms with Crippen molar-refractivity contribution in [3.8, 4) is 11.5 Å². The molecular formula is C18H14N2O4S2. The highest BCUT2D eigenvalue weighted by atomic mass is 32.2. The molecule has 1 heterocycles. The average molecular weight is 386 g/mol. The number of benzene rings is 2. The van der Waals surface area contributed by atoms with E-state index in [9.17, 15) is 14.7 Å². The van der Waals surface area contributed by atoms with Crippen molar-refractivity contribution in [1.82, 2.24) is 10.4 Å². The number of phenols is 1. The molecule has 132 valence electrons. The van der Waals surface area contributed by atoms with Crippen molar-refractivity contribution >= 4 is 46.2 Å². The van der Waals surface area contributed by atoms with E-state index in [1.165, 1.54) is 19.2 Å². The van der Waals surface area contributed by atoms with Crippen molar-refractivity contribution in [2.45, 2.75) is 0 Å². The Balaban J connectivity index is 1.79. The summed E-state index contributed by atoms with van der Waals surface area (Å²) in [7, 11) is 1.46. The molecule has 0 saturated carbocycles. The number of thiocarbonyl (C=S) groups is 1.